The molecule has 136 valence electrons. The highest BCUT2D eigenvalue weighted by Gasteiger charge is 2.15. The number of rotatable bonds is 8. The van der Waals surface area contributed by atoms with Crippen molar-refractivity contribution in [2.24, 2.45) is 0 Å². The van der Waals surface area contributed by atoms with Crippen molar-refractivity contribution in [2.45, 2.75) is 44.8 Å². The maximum Gasteiger partial charge on any atom is 0.191 e. The summed E-state index contributed by atoms with van der Waals surface area (Å²) >= 11 is 1.43. The van der Waals surface area contributed by atoms with E-state index in [1.807, 2.05) is 29.7 Å². The molecule has 26 heavy (non-hydrogen) atoms. The molecule has 0 saturated carbocycles. The average Bonchev–Trinajstić information content (AvgIpc) is 3.29. The van der Waals surface area contributed by atoms with Gasteiger partial charge < -0.3 is 4.57 Å². The average molecular weight is 369 g/mol. The van der Waals surface area contributed by atoms with Crippen molar-refractivity contribution in [1.82, 2.24) is 25.0 Å². The number of aromatic nitrogens is 5. The van der Waals surface area contributed by atoms with E-state index in [1.54, 1.807) is 6.20 Å². The van der Waals surface area contributed by atoms with Crippen molar-refractivity contribution in [1.29, 1.82) is 0 Å². The van der Waals surface area contributed by atoms with Crippen molar-refractivity contribution in [3.05, 3.63) is 47.7 Å². The summed E-state index contributed by atoms with van der Waals surface area (Å²) in [4.78, 5) is 12.3. The summed E-state index contributed by atoms with van der Waals surface area (Å²) in [5, 5.41) is 16.1. The highest BCUT2D eigenvalue weighted by Crippen LogP contribution is 2.23. The fourth-order valence-electron chi connectivity index (χ4n) is 2.70. The molecule has 0 aliphatic heterocycles. The van der Waals surface area contributed by atoms with Gasteiger partial charge in [0.25, 0.3) is 0 Å². The number of carbonyl (C=O) groups excluding carboxylic acids is 1. The van der Waals surface area contributed by atoms with Gasteiger partial charge in [-0.25, -0.2) is 0 Å². The quantitative estimate of drug-likeness (QED) is 0.613. The number of aromatic amines is 1. The first-order chi connectivity index (χ1) is 12.6. The molecule has 0 atom stereocenters. The highest BCUT2D eigenvalue weighted by molar-refractivity contribution is 7.99. The molecule has 0 unspecified atom stereocenters. The highest BCUT2D eigenvalue weighted by atomic mass is 32.2. The molecule has 3 rings (SSSR count). The molecular formula is C19H23N5OS. The van der Waals surface area contributed by atoms with E-state index in [9.17, 15) is 4.79 Å². The first-order valence-corrected chi connectivity index (χ1v) is 9.73. The molecule has 0 aliphatic rings. The second kappa shape index (κ2) is 8.31. The first-order valence-electron chi connectivity index (χ1n) is 8.74. The van der Waals surface area contributed by atoms with E-state index in [0.717, 1.165) is 28.8 Å². The predicted molar refractivity (Wildman–Crippen MR) is 103 cm³/mol. The van der Waals surface area contributed by atoms with Crippen molar-refractivity contribution in [3.63, 3.8) is 0 Å². The molecule has 0 bridgehead atoms. The van der Waals surface area contributed by atoms with Crippen molar-refractivity contribution < 1.29 is 4.79 Å². The van der Waals surface area contributed by atoms with E-state index in [2.05, 4.69) is 46.4 Å². The number of nitrogens with one attached hydrogen (secondary N) is 1. The summed E-state index contributed by atoms with van der Waals surface area (Å²) in [6.45, 7) is 7.09. The van der Waals surface area contributed by atoms with Gasteiger partial charge in [0.2, 0.25) is 0 Å². The molecule has 2 aromatic heterocycles. The van der Waals surface area contributed by atoms with Crippen LogP contribution >= 0.6 is 11.8 Å². The standard InChI is InChI=1S/C19H23N5OS/c1-4-24-18(17-9-10-20-21-17)22-23-19(24)26-12-16(25)11-14-5-7-15(8-6-14)13(2)3/h5-10,13H,4,11-12H2,1-3H3,(H,20,21). The summed E-state index contributed by atoms with van der Waals surface area (Å²) in [5.74, 6) is 1.80. The minimum atomic E-state index is 0.182. The molecule has 0 fully saturated rings. The number of carbonyl (C=O) groups is 1. The maximum absolute atomic E-state index is 12.3. The Labute approximate surface area is 157 Å². The molecule has 1 N–H and O–H groups in total. The van der Waals surface area contributed by atoms with E-state index < -0.39 is 0 Å². The SMILES string of the molecule is CCn1c(SCC(=O)Cc2ccc(C(C)C)cc2)nnc1-c1ccn[nH]1. The van der Waals surface area contributed by atoms with Gasteiger partial charge in [-0.15, -0.1) is 10.2 Å². The number of thioether (sulfide) groups is 1. The first kappa shape index (κ1) is 18.4. The Morgan fingerprint density at radius 1 is 1.19 bits per heavy atom. The summed E-state index contributed by atoms with van der Waals surface area (Å²) in [6.07, 6.45) is 2.13. The molecule has 2 heterocycles. The van der Waals surface area contributed by atoms with Crippen LogP contribution < -0.4 is 0 Å². The van der Waals surface area contributed by atoms with Crippen LogP contribution in [0.25, 0.3) is 11.5 Å². The third kappa shape index (κ3) is 4.22. The number of H-pyrrole nitrogens is 1. The topological polar surface area (TPSA) is 76.5 Å². The Hall–Kier alpha value is -2.41. The normalized spacial score (nSPS) is 11.2. The number of ketones is 1. The molecule has 0 radical (unpaired) electrons. The molecule has 7 heteroatoms. The summed E-state index contributed by atoms with van der Waals surface area (Å²) in [5.41, 5.74) is 3.16. The second-order valence-corrected chi connectivity index (χ2v) is 7.36. The maximum atomic E-state index is 12.3. The van der Waals surface area contributed by atoms with Crippen molar-refractivity contribution >= 4 is 17.5 Å². The number of Topliss-reactive ketones (excluding diaryl/α,β-unsaturated/α-hetero) is 1. The van der Waals surface area contributed by atoms with Crippen LogP contribution in [-0.2, 0) is 17.8 Å². The van der Waals surface area contributed by atoms with Crippen LogP contribution in [0.5, 0.6) is 0 Å². The van der Waals surface area contributed by atoms with Crippen LogP contribution in [0.15, 0.2) is 41.7 Å². The summed E-state index contributed by atoms with van der Waals surface area (Å²) in [6, 6.07) is 10.2. The van der Waals surface area contributed by atoms with E-state index in [-0.39, 0.29) is 5.78 Å². The molecule has 0 saturated heterocycles. The van der Waals surface area contributed by atoms with Crippen LogP contribution in [0.4, 0.5) is 0 Å². The zero-order valence-corrected chi connectivity index (χ0v) is 16.1. The van der Waals surface area contributed by atoms with E-state index in [1.165, 1.54) is 17.3 Å². The third-order valence-electron chi connectivity index (χ3n) is 4.18. The Balaban J connectivity index is 1.61. The predicted octanol–water partition coefficient (Wildman–Crippen LogP) is 3.72. The minimum absolute atomic E-state index is 0.182. The molecular weight excluding hydrogens is 346 g/mol. The Morgan fingerprint density at radius 3 is 2.58 bits per heavy atom. The number of hydrogen-bond acceptors (Lipinski definition) is 5. The zero-order chi connectivity index (χ0) is 18.5. The zero-order valence-electron chi connectivity index (χ0n) is 15.3. The van der Waals surface area contributed by atoms with Crippen LogP contribution in [0.3, 0.4) is 0 Å². The van der Waals surface area contributed by atoms with Gasteiger partial charge in [0.15, 0.2) is 11.0 Å². The lowest BCUT2D eigenvalue weighted by molar-refractivity contribution is -0.116. The van der Waals surface area contributed by atoms with Gasteiger partial charge in [-0.1, -0.05) is 49.9 Å². The van der Waals surface area contributed by atoms with Gasteiger partial charge in [0, 0.05) is 19.2 Å². The van der Waals surface area contributed by atoms with Gasteiger partial charge in [-0.05, 0) is 30.0 Å². The van der Waals surface area contributed by atoms with E-state index >= 15 is 0 Å². The third-order valence-corrected chi connectivity index (χ3v) is 5.21. The van der Waals surface area contributed by atoms with Gasteiger partial charge in [-0.3, -0.25) is 9.89 Å². The summed E-state index contributed by atoms with van der Waals surface area (Å²) in [7, 11) is 0. The fraction of sp³-hybridized carbons (Fsp3) is 0.368. The van der Waals surface area contributed by atoms with E-state index in [4.69, 9.17) is 0 Å². The monoisotopic (exact) mass is 369 g/mol. The van der Waals surface area contributed by atoms with Crippen molar-refractivity contribution in [3.8, 4) is 11.5 Å². The lowest BCUT2D eigenvalue weighted by Crippen LogP contribution is -2.07. The minimum Gasteiger partial charge on any atom is -0.301 e. The Morgan fingerprint density at radius 2 is 1.96 bits per heavy atom. The van der Waals surface area contributed by atoms with Gasteiger partial charge in [0.1, 0.15) is 11.5 Å². The molecule has 3 aromatic rings. The number of nitrogens with zero attached hydrogens (tertiary/aromatic N) is 4. The second-order valence-electron chi connectivity index (χ2n) is 6.42. The molecule has 1 aromatic carbocycles. The van der Waals surface area contributed by atoms with Gasteiger partial charge in [-0.2, -0.15) is 5.10 Å². The number of hydrogen-bond donors (Lipinski definition) is 1. The Bertz CT molecular complexity index is 853. The van der Waals surface area contributed by atoms with Crippen LogP contribution in [0.2, 0.25) is 0 Å². The molecule has 0 amide bonds. The smallest absolute Gasteiger partial charge is 0.191 e. The van der Waals surface area contributed by atoms with Gasteiger partial charge in [0.05, 0.1) is 5.75 Å². The lowest BCUT2D eigenvalue weighted by Gasteiger charge is -2.07. The van der Waals surface area contributed by atoms with Crippen LogP contribution in [0.1, 0.15) is 37.8 Å². The fourth-order valence-corrected chi connectivity index (χ4v) is 3.57. The molecule has 0 spiro atoms. The van der Waals surface area contributed by atoms with Crippen LogP contribution in [0, 0.1) is 0 Å². The summed E-state index contributed by atoms with van der Waals surface area (Å²) < 4.78 is 1.99. The Kier molecular flexibility index (Phi) is 5.88. The van der Waals surface area contributed by atoms with Crippen molar-refractivity contribution in [2.75, 3.05) is 5.75 Å². The largest absolute Gasteiger partial charge is 0.301 e. The number of benzene rings is 1. The van der Waals surface area contributed by atoms with Gasteiger partial charge >= 0.3 is 0 Å². The van der Waals surface area contributed by atoms with Crippen LogP contribution in [-0.4, -0.2) is 36.5 Å². The molecule has 6 nitrogen and oxygen atoms in total. The van der Waals surface area contributed by atoms with E-state index in [0.29, 0.717) is 18.1 Å². The lowest BCUT2D eigenvalue weighted by atomic mass is 10.0. The molecule has 0 aliphatic carbocycles.